The van der Waals surface area contributed by atoms with E-state index in [1.54, 1.807) is 24.3 Å². The van der Waals surface area contributed by atoms with Crippen LogP contribution in [0.3, 0.4) is 0 Å². The van der Waals surface area contributed by atoms with Crippen molar-refractivity contribution in [2.45, 2.75) is 25.8 Å². The number of rotatable bonds is 3. The predicted molar refractivity (Wildman–Crippen MR) is 61.5 cm³/mol. The SMILES string of the molecule is CCCC1N=C(c2ccc(O)cc2)NC1=O. The Kier molecular flexibility index (Phi) is 2.90. The van der Waals surface area contributed by atoms with Crippen molar-refractivity contribution in [3.05, 3.63) is 29.8 Å². The predicted octanol–water partition coefficient (Wildman–Crippen LogP) is 1.44. The zero-order chi connectivity index (χ0) is 11.5. The first kappa shape index (κ1) is 10.7. The highest BCUT2D eigenvalue weighted by Gasteiger charge is 2.25. The van der Waals surface area contributed by atoms with E-state index in [2.05, 4.69) is 10.3 Å². The summed E-state index contributed by atoms with van der Waals surface area (Å²) in [5, 5.41) is 11.9. The normalized spacial score (nSPS) is 19.4. The third-order valence-electron chi connectivity index (χ3n) is 2.53. The number of amides is 1. The molecule has 84 valence electrons. The molecule has 0 fully saturated rings. The van der Waals surface area contributed by atoms with Gasteiger partial charge in [0.1, 0.15) is 17.6 Å². The average Bonchev–Trinajstić information content (AvgIpc) is 2.62. The zero-order valence-corrected chi connectivity index (χ0v) is 9.10. The van der Waals surface area contributed by atoms with Crippen molar-refractivity contribution < 1.29 is 9.90 Å². The summed E-state index contributed by atoms with van der Waals surface area (Å²) in [6, 6.07) is 6.38. The van der Waals surface area contributed by atoms with Gasteiger partial charge >= 0.3 is 0 Å². The Morgan fingerprint density at radius 2 is 2.06 bits per heavy atom. The minimum Gasteiger partial charge on any atom is -0.508 e. The summed E-state index contributed by atoms with van der Waals surface area (Å²) >= 11 is 0. The third-order valence-corrected chi connectivity index (χ3v) is 2.53. The van der Waals surface area contributed by atoms with Crippen LogP contribution < -0.4 is 5.32 Å². The summed E-state index contributed by atoms with van der Waals surface area (Å²) in [5.41, 5.74) is 0.824. The number of benzene rings is 1. The fourth-order valence-corrected chi connectivity index (χ4v) is 1.68. The van der Waals surface area contributed by atoms with Gasteiger partial charge in [0.25, 0.3) is 0 Å². The summed E-state index contributed by atoms with van der Waals surface area (Å²) in [4.78, 5) is 15.9. The van der Waals surface area contributed by atoms with Crippen molar-refractivity contribution in [2.24, 2.45) is 4.99 Å². The Morgan fingerprint density at radius 1 is 1.38 bits per heavy atom. The molecule has 0 radical (unpaired) electrons. The lowest BCUT2D eigenvalue weighted by atomic mass is 10.2. The molecule has 4 heteroatoms. The van der Waals surface area contributed by atoms with Crippen molar-refractivity contribution in [1.82, 2.24) is 5.32 Å². The van der Waals surface area contributed by atoms with E-state index in [-0.39, 0.29) is 17.7 Å². The van der Waals surface area contributed by atoms with Crippen LogP contribution >= 0.6 is 0 Å². The highest BCUT2D eigenvalue weighted by atomic mass is 16.3. The molecule has 0 bridgehead atoms. The monoisotopic (exact) mass is 218 g/mol. The van der Waals surface area contributed by atoms with E-state index in [0.717, 1.165) is 18.4 Å². The third kappa shape index (κ3) is 2.05. The van der Waals surface area contributed by atoms with Gasteiger partial charge in [0.05, 0.1) is 0 Å². The standard InChI is InChI=1S/C12H14N2O2/c1-2-3-10-12(16)14-11(13-10)8-4-6-9(15)7-5-8/h4-7,10,15H,2-3H2,1H3,(H,13,14,16). The number of aromatic hydroxyl groups is 1. The molecule has 0 saturated carbocycles. The number of carbonyl (C=O) groups is 1. The van der Waals surface area contributed by atoms with Crippen LogP contribution in [0, 0.1) is 0 Å². The molecule has 2 N–H and O–H groups in total. The second-order valence-corrected chi connectivity index (χ2v) is 3.82. The zero-order valence-electron chi connectivity index (χ0n) is 9.10. The van der Waals surface area contributed by atoms with Gasteiger partial charge in [-0.25, -0.2) is 0 Å². The molecule has 2 rings (SSSR count). The van der Waals surface area contributed by atoms with Crippen molar-refractivity contribution in [1.29, 1.82) is 0 Å². The van der Waals surface area contributed by atoms with Gasteiger partial charge in [-0.15, -0.1) is 0 Å². The lowest BCUT2D eigenvalue weighted by molar-refractivity contribution is -0.120. The highest BCUT2D eigenvalue weighted by Crippen LogP contribution is 2.14. The van der Waals surface area contributed by atoms with Gasteiger partial charge < -0.3 is 10.4 Å². The van der Waals surface area contributed by atoms with Gasteiger partial charge in [-0.05, 0) is 30.7 Å². The quantitative estimate of drug-likeness (QED) is 0.806. The summed E-state index contributed by atoms with van der Waals surface area (Å²) in [6.07, 6.45) is 1.71. The van der Waals surface area contributed by atoms with Crippen LogP contribution in [0.25, 0.3) is 0 Å². The fourth-order valence-electron chi connectivity index (χ4n) is 1.68. The number of phenols is 1. The molecule has 0 aliphatic carbocycles. The number of phenolic OH excluding ortho intramolecular Hbond substituents is 1. The molecule has 1 unspecified atom stereocenters. The second-order valence-electron chi connectivity index (χ2n) is 3.82. The molecule has 0 aromatic heterocycles. The van der Waals surface area contributed by atoms with Crippen molar-refractivity contribution in [3.8, 4) is 5.75 Å². The Morgan fingerprint density at radius 3 is 2.69 bits per heavy atom. The smallest absolute Gasteiger partial charge is 0.250 e. The molecular formula is C12H14N2O2. The summed E-state index contributed by atoms with van der Waals surface area (Å²) in [7, 11) is 0. The Balaban J connectivity index is 2.20. The van der Waals surface area contributed by atoms with Crippen LogP contribution in [0.15, 0.2) is 29.3 Å². The molecule has 1 aromatic carbocycles. The van der Waals surface area contributed by atoms with E-state index < -0.39 is 0 Å². The topological polar surface area (TPSA) is 61.7 Å². The average molecular weight is 218 g/mol. The van der Waals surface area contributed by atoms with E-state index in [0.29, 0.717) is 5.84 Å². The highest BCUT2D eigenvalue weighted by molar-refractivity contribution is 6.13. The molecule has 1 heterocycles. The number of nitrogens with one attached hydrogen (secondary N) is 1. The number of hydrogen-bond acceptors (Lipinski definition) is 3. The molecule has 1 aliphatic heterocycles. The van der Waals surface area contributed by atoms with Gasteiger partial charge in [0.2, 0.25) is 5.91 Å². The van der Waals surface area contributed by atoms with E-state index in [1.165, 1.54) is 0 Å². The molecule has 1 amide bonds. The lowest BCUT2D eigenvalue weighted by Crippen LogP contribution is -2.29. The first-order valence-electron chi connectivity index (χ1n) is 5.38. The van der Waals surface area contributed by atoms with E-state index >= 15 is 0 Å². The number of amidine groups is 1. The molecule has 1 atom stereocenters. The van der Waals surface area contributed by atoms with Gasteiger partial charge in [0.15, 0.2) is 0 Å². The van der Waals surface area contributed by atoms with Crippen LogP contribution in [-0.4, -0.2) is 22.9 Å². The summed E-state index contributed by atoms with van der Waals surface area (Å²) in [6.45, 7) is 2.03. The number of nitrogens with zero attached hydrogens (tertiary/aromatic N) is 1. The van der Waals surface area contributed by atoms with Crippen LogP contribution in [0.2, 0.25) is 0 Å². The minimum absolute atomic E-state index is 0.0371. The van der Waals surface area contributed by atoms with Crippen LogP contribution in [-0.2, 0) is 4.79 Å². The summed E-state index contributed by atoms with van der Waals surface area (Å²) in [5.74, 6) is 0.771. The molecule has 0 spiro atoms. The number of hydrogen-bond donors (Lipinski definition) is 2. The van der Waals surface area contributed by atoms with Crippen LogP contribution in [0.5, 0.6) is 5.75 Å². The van der Waals surface area contributed by atoms with E-state index in [4.69, 9.17) is 5.11 Å². The van der Waals surface area contributed by atoms with Gasteiger partial charge in [-0.2, -0.15) is 0 Å². The largest absolute Gasteiger partial charge is 0.508 e. The van der Waals surface area contributed by atoms with Crippen molar-refractivity contribution in [2.75, 3.05) is 0 Å². The molecule has 0 saturated heterocycles. The molecule has 16 heavy (non-hydrogen) atoms. The Labute approximate surface area is 94.0 Å². The maximum Gasteiger partial charge on any atom is 0.250 e. The number of aliphatic imine (C=N–C) groups is 1. The first-order chi connectivity index (χ1) is 7.70. The van der Waals surface area contributed by atoms with Crippen molar-refractivity contribution >= 4 is 11.7 Å². The number of carbonyl (C=O) groups excluding carboxylic acids is 1. The van der Waals surface area contributed by atoms with Crippen LogP contribution in [0.1, 0.15) is 25.3 Å². The maximum absolute atomic E-state index is 11.5. The van der Waals surface area contributed by atoms with Crippen LogP contribution in [0.4, 0.5) is 0 Å². The molecule has 1 aromatic rings. The molecule has 1 aliphatic rings. The first-order valence-corrected chi connectivity index (χ1v) is 5.38. The van der Waals surface area contributed by atoms with E-state index in [9.17, 15) is 4.79 Å². The molecular weight excluding hydrogens is 204 g/mol. The molecule has 4 nitrogen and oxygen atoms in total. The Hall–Kier alpha value is -1.84. The van der Waals surface area contributed by atoms with Crippen molar-refractivity contribution in [3.63, 3.8) is 0 Å². The maximum atomic E-state index is 11.5. The Bertz CT molecular complexity index is 423. The van der Waals surface area contributed by atoms with Gasteiger partial charge in [-0.3, -0.25) is 9.79 Å². The second kappa shape index (κ2) is 4.35. The lowest BCUT2D eigenvalue weighted by Gasteiger charge is -2.00. The minimum atomic E-state index is -0.256. The van der Waals surface area contributed by atoms with Gasteiger partial charge in [-0.1, -0.05) is 13.3 Å². The fraction of sp³-hybridized carbons (Fsp3) is 0.333. The summed E-state index contributed by atoms with van der Waals surface area (Å²) < 4.78 is 0. The van der Waals surface area contributed by atoms with Gasteiger partial charge in [0, 0.05) is 5.56 Å². The van der Waals surface area contributed by atoms with E-state index in [1.807, 2.05) is 6.92 Å².